The molecule has 3 rings (SSSR count). The van der Waals surface area contributed by atoms with Gasteiger partial charge in [-0.1, -0.05) is 6.92 Å². The molecule has 2 aliphatic rings. The maximum Gasteiger partial charge on any atom is 0.0247 e. The fourth-order valence-electron chi connectivity index (χ4n) is 3.46. The third-order valence-corrected chi connectivity index (χ3v) is 5.35. The number of nitrogens with zero attached hydrogens (tertiary/aromatic N) is 1. The quantitative estimate of drug-likeness (QED) is 0.855. The molecule has 1 N–H and O–H groups in total. The van der Waals surface area contributed by atoms with Crippen LogP contribution in [0.2, 0.25) is 0 Å². The van der Waals surface area contributed by atoms with E-state index in [0.717, 1.165) is 24.7 Å². The summed E-state index contributed by atoms with van der Waals surface area (Å²) in [5, 5.41) is 8.15. The van der Waals surface area contributed by atoms with Gasteiger partial charge in [0, 0.05) is 24.7 Å². The van der Waals surface area contributed by atoms with Gasteiger partial charge in [0.05, 0.1) is 0 Å². The van der Waals surface area contributed by atoms with Crippen LogP contribution in [0.15, 0.2) is 16.8 Å². The van der Waals surface area contributed by atoms with Crippen molar-refractivity contribution in [3.05, 3.63) is 22.4 Å². The zero-order valence-electron chi connectivity index (χ0n) is 12.0. The van der Waals surface area contributed by atoms with Gasteiger partial charge in [-0.05, 0) is 67.5 Å². The highest BCUT2D eigenvalue weighted by atomic mass is 32.1. The van der Waals surface area contributed by atoms with Gasteiger partial charge in [0.15, 0.2) is 0 Å². The van der Waals surface area contributed by atoms with E-state index >= 15 is 0 Å². The number of hydrogen-bond acceptors (Lipinski definition) is 3. The second kappa shape index (κ2) is 6.38. The second-order valence-corrected chi connectivity index (χ2v) is 6.88. The van der Waals surface area contributed by atoms with E-state index in [1.165, 1.54) is 50.6 Å². The Bertz CT molecular complexity index is 364. The molecule has 19 heavy (non-hydrogen) atoms. The normalized spacial score (nSPS) is 27.9. The fraction of sp³-hybridized carbons (Fsp3) is 0.750. The van der Waals surface area contributed by atoms with Crippen LogP contribution in [0.1, 0.15) is 51.0 Å². The van der Waals surface area contributed by atoms with Crippen LogP contribution in [0.25, 0.3) is 0 Å². The Morgan fingerprint density at radius 3 is 2.37 bits per heavy atom. The summed E-state index contributed by atoms with van der Waals surface area (Å²) in [5.74, 6) is 0. The minimum Gasteiger partial charge on any atom is -0.314 e. The van der Waals surface area contributed by atoms with Crippen LogP contribution in [0.3, 0.4) is 0 Å². The molecule has 1 heterocycles. The van der Waals surface area contributed by atoms with E-state index in [2.05, 4.69) is 34.0 Å². The van der Waals surface area contributed by atoms with E-state index < -0.39 is 0 Å². The highest BCUT2D eigenvalue weighted by molar-refractivity contribution is 7.07. The lowest BCUT2D eigenvalue weighted by Crippen LogP contribution is -2.43. The minimum atomic E-state index is 0.781. The van der Waals surface area contributed by atoms with Crippen LogP contribution in [0, 0.1) is 0 Å². The summed E-state index contributed by atoms with van der Waals surface area (Å²) >= 11 is 1.83. The predicted octanol–water partition coefficient (Wildman–Crippen LogP) is 3.63. The highest BCUT2D eigenvalue weighted by Crippen LogP contribution is 2.35. The van der Waals surface area contributed by atoms with Crippen molar-refractivity contribution in [2.45, 2.75) is 70.1 Å². The molecule has 2 nitrogen and oxygen atoms in total. The minimum absolute atomic E-state index is 0.781. The average Bonchev–Trinajstić information content (AvgIpc) is 3.15. The second-order valence-electron chi connectivity index (χ2n) is 6.10. The molecule has 1 aromatic heterocycles. The van der Waals surface area contributed by atoms with E-state index in [4.69, 9.17) is 0 Å². The van der Waals surface area contributed by atoms with Crippen molar-refractivity contribution in [3.63, 3.8) is 0 Å². The summed E-state index contributed by atoms with van der Waals surface area (Å²) in [6.45, 7) is 4.53. The summed E-state index contributed by atoms with van der Waals surface area (Å²) in [6, 6.07) is 4.80. The van der Waals surface area contributed by atoms with Crippen molar-refractivity contribution >= 4 is 11.3 Å². The van der Waals surface area contributed by atoms with Crippen molar-refractivity contribution in [2.75, 3.05) is 6.54 Å². The Kier molecular flexibility index (Phi) is 4.57. The first-order valence-electron chi connectivity index (χ1n) is 7.87. The lowest BCUT2D eigenvalue weighted by atomic mass is 9.89. The Morgan fingerprint density at radius 1 is 1.16 bits per heavy atom. The highest BCUT2D eigenvalue weighted by Gasteiger charge is 2.35. The van der Waals surface area contributed by atoms with Crippen LogP contribution in [0.5, 0.6) is 0 Å². The smallest absolute Gasteiger partial charge is 0.0247 e. The van der Waals surface area contributed by atoms with Crippen molar-refractivity contribution < 1.29 is 0 Å². The van der Waals surface area contributed by atoms with E-state index in [0.29, 0.717) is 0 Å². The van der Waals surface area contributed by atoms with Gasteiger partial charge < -0.3 is 5.32 Å². The van der Waals surface area contributed by atoms with Crippen molar-refractivity contribution in [1.82, 2.24) is 10.2 Å². The summed E-state index contributed by atoms with van der Waals surface area (Å²) in [5.41, 5.74) is 1.52. The Labute approximate surface area is 121 Å². The van der Waals surface area contributed by atoms with E-state index in [9.17, 15) is 0 Å². The molecule has 0 saturated heterocycles. The van der Waals surface area contributed by atoms with Gasteiger partial charge in [-0.25, -0.2) is 0 Å². The van der Waals surface area contributed by atoms with Gasteiger partial charge in [-0.15, -0.1) is 0 Å². The molecule has 2 fully saturated rings. The SMILES string of the molecule is CCNC1CCC(N(Cc2ccsc2)C2CC2)CC1. The molecule has 0 unspecified atom stereocenters. The Morgan fingerprint density at radius 2 is 1.84 bits per heavy atom. The molecule has 0 spiro atoms. The number of rotatable bonds is 6. The summed E-state index contributed by atoms with van der Waals surface area (Å²) in [6.07, 6.45) is 8.36. The monoisotopic (exact) mass is 278 g/mol. The Balaban J connectivity index is 1.56. The summed E-state index contributed by atoms with van der Waals surface area (Å²) in [7, 11) is 0. The molecule has 2 aliphatic carbocycles. The van der Waals surface area contributed by atoms with Crippen molar-refractivity contribution in [1.29, 1.82) is 0 Å². The van der Waals surface area contributed by atoms with Crippen molar-refractivity contribution in [3.8, 4) is 0 Å². The third kappa shape index (κ3) is 3.59. The fourth-order valence-corrected chi connectivity index (χ4v) is 4.12. The van der Waals surface area contributed by atoms with Crippen LogP contribution in [0.4, 0.5) is 0 Å². The van der Waals surface area contributed by atoms with E-state index in [-0.39, 0.29) is 0 Å². The lowest BCUT2D eigenvalue weighted by Gasteiger charge is -2.37. The molecule has 0 amide bonds. The first-order chi connectivity index (χ1) is 9.36. The third-order valence-electron chi connectivity index (χ3n) is 4.62. The first-order valence-corrected chi connectivity index (χ1v) is 8.81. The predicted molar refractivity (Wildman–Crippen MR) is 82.6 cm³/mol. The molecule has 0 bridgehead atoms. The average molecular weight is 278 g/mol. The summed E-state index contributed by atoms with van der Waals surface area (Å²) < 4.78 is 0. The largest absolute Gasteiger partial charge is 0.314 e. The molecule has 106 valence electrons. The van der Waals surface area contributed by atoms with Gasteiger partial charge in [0.2, 0.25) is 0 Å². The number of hydrogen-bond donors (Lipinski definition) is 1. The van der Waals surface area contributed by atoms with E-state index in [1.54, 1.807) is 0 Å². The van der Waals surface area contributed by atoms with Gasteiger partial charge in [-0.2, -0.15) is 11.3 Å². The molecule has 1 aromatic rings. The molecule has 3 heteroatoms. The van der Waals surface area contributed by atoms with Crippen LogP contribution in [-0.4, -0.2) is 29.6 Å². The molecule has 0 aromatic carbocycles. The van der Waals surface area contributed by atoms with Gasteiger partial charge in [0.25, 0.3) is 0 Å². The van der Waals surface area contributed by atoms with Crippen LogP contribution < -0.4 is 5.32 Å². The summed E-state index contributed by atoms with van der Waals surface area (Å²) in [4.78, 5) is 2.81. The molecular formula is C16H26N2S. The number of nitrogens with one attached hydrogen (secondary N) is 1. The zero-order chi connectivity index (χ0) is 13.1. The number of thiophene rings is 1. The first kappa shape index (κ1) is 13.6. The van der Waals surface area contributed by atoms with Gasteiger partial charge in [0.1, 0.15) is 0 Å². The standard InChI is InChI=1S/C16H26N2S/c1-2-17-14-3-5-15(6-4-14)18(16-7-8-16)11-13-9-10-19-12-13/h9-10,12,14-17H,2-8,11H2,1H3. The molecule has 0 atom stereocenters. The molecular weight excluding hydrogens is 252 g/mol. The zero-order valence-corrected chi connectivity index (χ0v) is 12.8. The van der Waals surface area contributed by atoms with Gasteiger partial charge in [-0.3, -0.25) is 4.90 Å². The maximum absolute atomic E-state index is 3.62. The van der Waals surface area contributed by atoms with Gasteiger partial charge >= 0.3 is 0 Å². The Hall–Kier alpha value is -0.380. The maximum atomic E-state index is 3.62. The van der Waals surface area contributed by atoms with Crippen LogP contribution in [-0.2, 0) is 6.54 Å². The molecule has 0 radical (unpaired) electrons. The lowest BCUT2D eigenvalue weighted by molar-refractivity contribution is 0.128. The molecule has 0 aliphatic heterocycles. The molecule has 2 saturated carbocycles. The van der Waals surface area contributed by atoms with Crippen LogP contribution >= 0.6 is 11.3 Å². The van der Waals surface area contributed by atoms with E-state index in [1.807, 2.05) is 11.3 Å². The van der Waals surface area contributed by atoms with Crippen molar-refractivity contribution in [2.24, 2.45) is 0 Å². The topological polar surface area (TPSA) is 15.3 Å².